The van der Waals surface area contributed by atoms with Crippen molar-refractivity contribution in [1.29, 1.82) is 0 Å². The molecule has 0 aliphatic rings. The van der Waals surface area contributed by atoms with Gasteiger partial charge in [0.1, 0.15) is 5.78 Å². The molecule has 0 spiro atoms. The summed E-state index contributed by atoms with van der Waals surface area (Å²) in [5.74, 6) is 1.08. The van der Waals surface area contributed by atoms with E-state index in [1.165, 1.54) is 6.42 Å². The molecule has 39 heavy (non-hydrogen) atoms. The Morgan fingerprint density at radius 3 is 1.31 bits per heavy atom. The van der Waals surface area contributed by atoms with Crippen molar-refractivity contribution in [1.82, 2.24) is 5.32 Å². The molecule has 0 rings (SSSR count). The van der Waals surface area contributed by atoms with E-state index in [9.17, 15) is 9.59 Å². The Morgan fingerprint density at radius 2 is 0.897 bits per heavy atom. The molecule has 0 heterocycles. The van der Waals surface area contributed by atoms with Gasteiger partial charge >= 0.3 is 0 Å². The summed E-state index contributed by atoms with van der Waals surface area (Å²) in [5.41, 5.74) is 0. The predicted octanol–water partition coefficient (Wildman–Crippen LogP) is 3.44. The molecule has 0 saturated heterocycles. The fraction of sp³-hybridized carbons (Fsp3) is 0.931. The van der Waals surface area contributed by atoms with Crippen LogP contribution in [-0.4, -0.2) is 111 Å². The first-order valence-electron chi connectivity index (χ1n) is 14.8. The smallest absolute Gasteiger partial charge is 0.222 e. The molecule has 0 aromatic rings. The van der Waals surface area contributed by atoms with Crippen LogP contribution in [0.1, 0.15) is 66.2 Å². The SMILES string of the molecule is CC(C)CCCCC(=O)CCCOCCOCCOCCOCCOCCOCCOCCNC(=O)C(C)C. The van der Waals surface area contributed by atoms with Crippen molar-refractivity contribution in [3.8, 4) is 0 Å². The zero-order chi connectivity index (χ0) is 28.8. The third-order valence-electron chi connectivity index (χ3n) is 5.53. The number of unbranched alkanes of at least 4 members (excludes halogenated alkanes) is 1. The van der Waals surface area contributed by atoms with Gasteiger partial charge < -0.3 is 38.5 Å². The van der Waals surface area contributed by atoms with Crippen LogP contribution in [0, 0.1) is 11.8 Å². The van der Waals surface area contributed by atoms with E-state index in [0.717, 1.165) is 19.3 Å². The molecule has 0 aliphatic heterocycles. The molecule has 0 atom stereocenters. The summed E-state index contributed by atoms with van der Waals surface area (Å²) in [6, 6.07) is 0. The van der Waals surface area contributed by atoms with Crippen LogP contribution in [0.15, 0.2) is 0 Å². The van der Waals surface area contributed by atoms with E-state index >= 15 is 0 Å². The van der Waals surface area contributed by atoms with Crippen molar-refractivity contribution < 1.29 is 42.7 Å². The summed E-state index contributed by atoms with van der Waals surface area (Å²) in [7, 11) is 0. The van der Waals surface area contributed by atoms with Gasteiger partial charge in [-0.2, -0.15) is 0 Å². The molecule has 10 heteroatoms. The highest BCUT2D eigenvalue weighted by Gasteiger charge is 2.05. The van der Waals surface area contributed by atoms with Crippen LogP contribution in [0.2, 0.25) is 0 Å². The van der Waals surface area contributed by atoms with Crippen LogP contribution in [0.4, 0.5) is 0 Å². The maximum Gasteiger partial charge on any atom is 0.222 e. The highest BCUT2D eigenvalue weighted by Crippen LogP contribution is 2.09. The number of Topliss-reactive ketones (excluding diaryl/α,β-unsaturated/α-hetero) is 1. The summed E-state index contributed by atoms with van der Waals surface area (Å²) in [6.07, 6.45) is 5.44. The van der Waals surface area contributed by atoms with Crippen LogP contribution in [-0.2, 0) is 42.7 Å². The highest BCUT2D eigenvalue weighted by molar-refractivity contribution is 5.78. The average molecular weight is 564 g/mol. The Balaban J connectivity index is 3.13. The van der Waals surface area contributed by atoms with E-state index in [2.05, 4.69) is 19.2 Å². The van der Waals surface area contributed by atoms with Crippen molar-refractivity contribution in [2.75, 3.05) is 99.0 Å². The van der Waals surface area contributed by atoms with Crippen molar-refractivity contribution in [3.63, 3.8) is 0 Å². The van der Waals surface area contributed by atoms with Gasteiger partial charge in [0.15, 0.2) is 0 Å². The quantitative estimate of drug-likeness (QED) is 0.127. The Kier molecular flexibility index (Phi) is 29.0. The van der Waals surface area contributed by atoms with Crippen molar-refractivity contribution in [2.45, 2.75) is 66.2 Å². The fourth-order valence-corrected chi connectivity index (χ4v) is 3.24. The number of ether oxygens (including phenoxy) is 7. The summed E-state index contributed by atoms with van der Waals surface area (Å²) >= 11 is 0. The Morgan fingerprint density at radius 1 is 0.513 bits per heavy atom. The minimum atomic E-state index is -0.0101. The second-order valence-electron chi connectivity index (χ2n) is 10.0. The summed E-state index contributed by atoms with van der Waals surface area (Å²) in [4.78, 5) is 23.2. The van der Waals surface area contributed by atoms with Crippen LogP contribution >= 0.6 is 0 Å². The van der Waals surface area contributed by atoms with E-state index in [4.69, 9.17) is 33.2 Å². The molecule has 0 radical (unpaired) electrons. The van der Waals surface area contributed by atoms with Gasteiger partial charge in [0, 0.05) is 31.9 Å². The monoisotopic (exact) mass is 563 g/mol. The number of ketones is 1. The first-order chi connectivity index (χ1) is 18.9. The highest BCUT2D eigenvalue weighted by atomic mass is 16.6. The van der Waals surface area contributed by atoms with Crippen LogP contribution in [0.5, 0.6) is 0 Å². The zero-order valence-electron chi connectivity index (χ0n) is 25.2. The molecule has 1 amide bonds. The van der Waals surface area contributed by atoms with Gasteiger partial charge in [-0.25, -0.2) is 0 Å². The van der Waals surface area contributed by atoms with E-state index in [1.807, 2.05) is 13.8 Å². The third-order valence-corrected chi connectivity index (χ3v) is 5.53. The standard InChI is InChI=1S/C29H57NO9/c1-26(2)8-5-6-9-28(31)10-7-12-33-14-16-35-18-20-37-22-24-39-25-23-38-21-19-36-17-15-34-13-11-30-29(32)27(3)4/h26-27H,5-25H2,1-4H3,(H,30,32). The van der Waals surface area contributed by atoms with Crippen molar-refractivity contribution in [2.24, 2.45) is 11.8 Å². The first kappa shape index (κ1) is 37.9. The molecule has 0 aromatic heterocycles. The van der Waals surface area contributed by atoms with Gasteiger partial charge in [-0.15, -0.1) is 0 Å². The predicted molar refractivity (Wildman–Crippen MR) is 151 cm³/mol. The average Bonchev–Trinajstić information content (AvgIpc) is 2.90. The number of amides is 1. The normalized spacial score (nSPS) is 11.5. The second-order valence-corrected chi connectivity index (χ2v) is 10.0. The molecule has 0 aromatic carbocycles. The van der Waals surface area contributed by atoms with Gasteiger partial charge in [-0.1, -0.05) is 40.5 Å². The lowest BCUT2D eigenvalue weighted by molar-refractivity contribution is -0.124. The van der Waals surface area contributed by atoms with Crippen molar-refractivity contribution >= 4 is 11.7 Å². The molecule has 1 N–H and O–H groups in total. The number of carbonyl (C=O) groups is 2. The lowest BCUT2D eigenvalue weighted by Crippen LogP contribution is -2.31. The number of rotatable bonds is 31. The Labute approximate surface area is 237 Å². The second kappa shape index (κ2) is 29.8. The molecule has 0 fully saturated rings. The molecule has 0 bridgehead atoms. The van der Waals surface area contributed by atoms with Crippen LogP contribution in [0.3, 0.4) is 0 Å². The maximum atomic E-state index is 11.8. The molecule has 0 saturated carbocycles. The third kappa shape index (κ3) is 31.2. The summed E-state index contributed by atoms with van der Waals surface area (Å²) in [6.45, 7) is 15.8. The molecule has 232 valence electrons. The van der Waals surface area contributed by atoms with Crippen LogP contribution in [0.25, 0.3) is 0 Å². The van der Waals surface area contributed by atoms with E-state index in [1.54, 1.807) is 0 Å². The number of nitrogens with one attached hydrogen (secondary N) is 1. The van der Waals surface area contributed by atoms with E-state index in [0.29, 0.717) is 124 Å². The summed E-state index contributed by atoms with van der Waals surface area (Å²) in [5, 5.41) is 2.79. The molecule has 10 nitrogen and oxygen atoms in total. The van der Waals surface area contributed by atoms with E-state index < -0.39 is 0 Å². The molecule has 0 aliphatic carbocycles. The Hall–Kier alpha value is -1.14. The van der Waals surface area contributed by atoms with Gasteiger partial charge in [-0.3, -0.25) is 9.59 Å². The lowest BCUT2D eigenvalue weighted by atomic mass is 10.0. The topological polar surface area (TPSA) is 111 Å². The molecule has 0 unspecified atom stereocenters. The largest absolute Gasteiger partial charge is 0.379 e. The minimum absolute atomic E-state index is 0.0101. The van der Waals surface area contributed by atoms with E-state index in [-0.39, 0.29) is 11.8 Å². The van der Waals surface area contributed by atoms with Gasteiger partial charge in [-0.05, 0) is 18.8 Å². The van der Waals surface area contributed by atoms with Gasteiger partial charge in [0.2, 0.25) is 5.91 Å². The minimum Gasteiger partial charge on any atom is -0.379 e. The first-order valence-corrected chi connectivity index (χ1v) is 14.8. The Bertz CT molecular complexity index is 547. The summed E-state index contributed by atoms with van der Waals surface area (Å²) < 4.78 is 38.2. The maximum absolute atomic E-state index is 11.8. The van der Waals surface area contributed by atoms with Crippen molar-refractivity contribution in [3.05, 3.63) is 0 Å². The molecular formula is C29H57NO9. The van der Waals surface area contributed by atoms with Crippen LogP contribution < -0.4 is 5.32 Å². The van der Waals surface area contributed by atoms with Gasteiger partial charge in [0.05, 0.1) is 85.9 Å². The lowest BCUT2D eigenvalue weighted by Gasteiger charge is -2.09. The zero-order valence-corrected chi connectivity index (χ0v) is 25.2. The molecular weight excluding hydrogens is 506 g/mol. The number of hydrogen-bond acceptors (Lipinski definition) is 9. The number of hydrogen-bond donors (Lipinski definition) is 1. The number of carbonyl (C=O) groups excluding carboxylic acids is 2. The fourth-order valence-electron chi connectivity index (χ4n) is 3.24. The van der Waals surface area contributed by atoms with Gasteiger partial charge in [0.25, 0.3) is 0 Å².